The highest BCUT2D eigenvalue weighted by molar-refractivity contribution is 6.06. The number of nitrogens with zero attached hydrogens (tertiary/aromatic N) is 2. The van der Waals surface area contributed by atoms with Gasteiger partial charge in [-0.3, -0.25) is 19.3 Å². The molecule has 1 aromatic rings. The van der Waals surface area contributed by atoms with Crippen molar-refractivity contribution in [2.75, 3.05) is 30.8 Å². The van der Waals surface area contributed by atoms with Gasteiger partial charge in [0, 0.05) is 12.7 Å². The molecule has 0 spiro atoms. The van der Waals surface area contributed by atoms with Crippen LogP contribution in [0.4, 0.5) is 16.2 Å². The van der Waals surface area contributed by atoms with Gasteiger partial charge in [-0.2, -0.15) is 0 Å². The van der Waals surface area contributed by atoms with Crippen molar-refractivity contribution >= 4 is 35.1 Å². The minimum absolute atomic E-state index is 0.0352. The van der Waals surface area contributed by atoms with Gasteiger partial charge in [0.1, 0.15) is 18.8 Å². The van der Waals surface area contributed by atoms with Gasteiger partial charge in [-0.1, -0.05) is 0 Å². The van der Waals surface area contributed by atoms with Crippen molar-refractivity contribution in [2.24, 2.45) is 0 Å². The van der Waals surface area contributed by atoms with Crippen LogP contribution in [0.1, 0.15) is 6.92 Å². The van der Waals surface area contributed by atoms with E-state index in [1.807, 2.05) is 0 Å². The number of rotatable bonds is 3. The number of nitrogens with one attached hydrogen (secondary N) is 2. The lowest BCUT2D eigenvalue weighted by molar-refractivity contribution is -0.129. The number of imide groups is 1. The molecule has 0 aliphatic carbocycles. The molecule has 1 aromatic carbocycles. The zero-order valence-electron chi connectivity index (χ0n) is 13.2. The van der Waals surface area contributed by atoms with Crippen LogP contribution in [0.2, 0.25) is 0 Å². The molecule has 2 aliphatic heterocycles. The zero-order chi connectivity index (χ0) is 17.4. The fourth-order valence-electron chi connectivity index (χ4n) is 2.46. The molecule has 2 aliphatic rings. The summed E-state index contributed by atoms with van der Waals surface area (Å²) >= 11 is 0. The predicted molar refractivity (Wildman–Crippen MR) is 83.5 cm³/mol. The van der Waals surface area contributed by atoms with Crippen molar-refractivity contribution in [3.05, 3.63) is 18.2 Å². The molecule has 0 radical (unpaired) electrons. The Hall–Kier alpha value is -3.10. The number of benzene rings is 1. The SMILES string of the molecule is C[C@@H]1Oc2ccc(NC(=O)CN3C(=O)CN(C)C3=O)cc2NC1=O. The van der Waals surface area contributed by atoms with Gasteiger partial charge in [0.25, 0.3) is 11.8 Å². The van der Waals surface area contributed by atoms with Crippen LogP contribution in [0, 0.1) is 0 Å². The van der Waals surface area contributed by atoms with E-state index >= 15 is 0 Å². The second-order valence-electron chi connectivity index (χ2n) is 5.63. The maximum atomic E-state index is 12.1. The van der Waals surface area contributed by atoms with Gasteiger partial charge in [0.2, 0.25) is 5.91 Å². The number of anilines is 2. The Morgan fingerprint density at radius 2 is 2.12 bits per heavy atom. The number of urea groups is 1. The van der Waals surface area contributed by atoms with E-state index in [0.717, 1.165) is 4.90 Å². The van der Waals surface area contributed by atoms with Crippen molar-refractivity contribution in [1.29, 1.82) is 0 Å². The van der Waals surface area contributed by atoms with E-state index in [-0.39, 0.29) is 19.0 Å². The van der Waals surface area contributed by atoms with Crippen molar-refractivity contribution in [2.45, 2.75) is 13.0 Å². The largest absolute Gasteiger partial charge is 0.479 e. The van der Waals surface area contributed by atoms with E-state index < -0.39 is 23.9 Å². The minimum atomic E-state index is -0.581. The lowest BCUT2D eigenvalue weighted by Crippen LogP contribution is -2.38. The lowest BCUT2D eigenvalue weighted by Gasteiger charge is -2.23. The number of amides is 5. The van der Waals surface area contributed by atoms with E-state index in [9.17, 15) is 19.2 Å². The quantitative estimate of drug-likeness (QED) is 0.771. The monoisotopic (exact) mass is 332 g/mol. The normalized spacial score (nSPS) is 19.8. The number of fused-ring (bicyclic) bond motifs is 1. The first-order valence-corrected chi connectivity index (χ1v) is 7.32. The van der Waals surface area contributed by atoms with Gasteiger partial charge in [-0.15, -0.1) is 0 Å². The summed E-state index contributed by atoms with van der Waals surface area (Å²) in [4.78, 5) is 49.2. The number of hydrogen-bond acceptors (Lipinski definition) is 5. The number of hydrogen-bond donors (Lipinski definition) is 2. The topological polar surface area (TPSA) is 108 Å². The van der Waals surface area contributed by atoms with Crippen LogP contribution in [-0.4, -0.2) is 59.8 Å². The molecule has 1 atom stereocenters. The van der Waals surface area contributed by atoms with Crippen LogP contribution in [0.5, 0.6) is 5.75 Å². The predicted octanol–water partition coefficient (Wildman–Crippen LogP) is 0.238. The van der Waals surface area contributed by atoms with Crippen LogP contribution in [-0.2, 0) is 14.4 Å². The summed E-state index contributed by atoms with van der Waals surface area (Å²) in [6, 6.07) is 4.29. The average Bonchev–Trinajstić information content (AvgIpc) is 2.75. The molecule has 0 unspecified atom stereocenters. The first kappa shape index (κ1) is 15.8. The fourth-order valence-corrected chi connectivity index (χ4v) is 2.46. The van der Waals surface area contributed by atoms with Gasteiger partial charge < -0.3 is 20.3 Å². The molecule has 0 bridgehead atoms. The van der Waals surface area contributed by atoms with Crippen molar-refractivity contribution in [3.63, 3.8) is 0 Å². The first-order valence-electron chi connectivity index (χ1n) is 7.32. The maximum Gasteiger partial charge on any atom is 0.327 e. The smallest absolute Gasteiger partial charge is 0.327 e. The highest BCUT2D eigenvalue weighted by Crippen LogP contribution is 2.32. The maximum absolute atomic E-state index is 12.1. The number of carbonyl (C=O) groups is 4. The molecular formula is C15H16N4O5. The highest BCUT2D eigenvalue weighted by Gasteiger charge is 2.34. The van der Waals surface area contributed by atoms with Crippen LogP contribution < -0.4 is 15.4 Å². The third-order valence-corrected chi connectivity index (χ3v) is 3.73. The number of ether oxygens (including phenoxy) is 1. The molecule has 0 aromatic heterocycles. The van der Waals surface area contributed by atoms with Gasteiger partial charge in [0.05, 0.1) is 5.69 Å². The van der Waals surface area contributed by atoms with Gasteiger partial charge in [0.15, 0.2) is 6.10 Å². The standard InChI is InChI=1S/C15H16N4O5/c1-8-14(22)17-10-5-9(3-4-11(10)24-8)16-12(20)6-19-13(21)7-18(2)15(19)23/h3-5,8H,6-7H2,1-2H3,(H,16,20)(H,17,22)/t8-/m0/s1. The third-order valence-electron chi connectivity index (χ3n) is 3.73. The number of likely N-dealkylation sites (N-methyl/N-ethyl adjacent to an activating group) is 1. The summed E-state index contributed by atoms with van der Waals surface area (Å²) in [6.07, 6.45) is -0.581. The molecule has 126 valence electrons. The molecule has 3 rings (SSSR count). The highest BCUT2D eigenvalue weighted by atomic mass is 16.5. The van der Waals surface area contributed by atoms with E-state index in [1.54, 1.807) is 25.1 Å². The second-order valence-corrected chi connectivity index (χ2v) is 5.63. The Labute approximate surface area is 137 Å². The lowest BCUT2D eigenvalue weighted by atomic mass is 10.2. The molecule has 9 heteroatoms. The molecule has 2 N–H and O–H groups in total. The van der Waals surface area contributed by atoms with E-state index in [1.165, 1.54) is 11.9 Å². The molecule has 1 saturated heterocycles. The molecule has 0 saturated carbocycles. The van der Waals surface area contributed by atoms with Gasteiger partial charge in [-0.25, -0.2) is 4.79 Å². The van der Waals surface area contributed by atoms with Crippen LogP contribution in [0.15, 0.2) is 18.2 Å². The Balaban J connectivity index is 1.67. The Bertz CT molecular complexity index is 747. The van der Waals surface area contributed by atoms with Crippen molar-refractivity contribution in [3.8, 4) is 5.75 Å². The fraction of sp³-hybridized carbons (Fsp3) is 0.333. The molecule has 24 heavy (non-hydrogen) atoms. The summed E-state index contributed by atoms with van der Waals surface area (Å²) in [6.45, 7) is 1.24. The molecule has 9 nitrogen and oxygen atoms in total. The van der Waals surface area contributed by atoms with E-state index in [0.29, 0.717) is 17.1 Å². The zero-order valence-corrected chi connectivity index (χ0v) is 13.2. The van der Waals surface area contributed by atoms with E-state index in [4.69, 9.17) is 4.74 Å². The Kier molecular flexibility index (Phi) is 3.84. The summed E-state index contributed by atoms with van der Waals surface area (Å²) < 4.78 is 5.42. The Morgan fingerprint density at radius 1 is 1.38 bits per heavy atom. The third kappa shape index (κ3) is 2.87. The summed E-state index contributed by atoms with van der Waals surface area (Å²) in [5.41, 5.74) is 0.869. The summed E-state index contributed by atoms with van der Waals surface area (Å²) in [5, 5.41) is 5.27. The molecule has 5 amide bonds. The first-order chi connectivity index (χ1) is 11.3. The average molecular weight is 332 g/mol. The van der Waals surface area contributed by atoms with E-state index in [2.05, 4.69) is 10.6 Å². The van der Waals surface area contributed by atoms with Crippen LogP contribution >= 0.6 is 0 Å². The molecular weight excluding hydrogens is 316 g/mol. The van der Waals surface area contributed by atoms with Crippen LogP contribution in [0.3, 0.4) is 0 Å². The molecule has 2 heterocycles. The second kappa shape index (κ2) is 5.84. The van der Waals surface area contributed by atoms with Crippen molar-refractivity contribution < 1.29 is 23.9 Å². The van der Waals surface area contributed by atoms with Gasteiger partial charge in [-0.05, 0) is 25.1 Å². The Morgan fingerprint density at radius 3 is 2.79 bits per heavy atom. The minimum Gasteiger partial charge on any atom is -0.479 e. The van der Waals surface area contributed by atoms with Crippen LogP contribution in [0.25, 0.3) is 0 Å². The molecule has 1 fully saturated rings. The number of carbonyl (C=O) groups excluding carboxylic acids is 4. The van der Waals surface area contributed by atoms with Gasteiger partial charge >= 0.3 is 6.03 Å². The summed E-state index contributed by atoms with van der Waals surface area (Å²) in [5.74, 6) is -0.699. The van der Waals surface area contributed by atoms with Crippen molar-refractivity contribution in [1.82, 2.24) is 9.80 Å². The summed E-state index contributed by atoms with van der Waals surface area (Å²) in [7, 11) is 1.49.